The Labute approximate surface area is 174 Å². The molecule has 2 amide bonds. The second kappa shape index (κ2) is 8.06. The van der Waals surface area contributed by atoms with Crippen LogP contribution in [-0.4, -0.2) is 43.0 Å². The molecule has 3 N–H and O–H groups in total. The molecular formula is C20H18F4N2O5. The lowest BCUT2D eigenvalue weighted by Crippen LogP contribution is -2.72. The molecule has 0 unspecified atom stereocenters. The number of ketones is 1. The van der Waals surface area contributed by atoms with Crippen molar-refractivity contribution < 1.29 is 41.7 Å². The van der Waals surface area contributed by atoms with Crippen LogP contribution >= 0.6 is 0 Å². The zero-order chi connectivity index (χ0) is 23.0. The first-order valence-electron chi connectivity index (χ1n) is 8.91. The van der Waals surface area contributed by atoms with Gasteiger partial charge in [0.05, 0.1) is 20.3 Å². The predicted octanol–water partition coefficient (Wildman–Crippen LogP) is 2.95. The first kappa shape index (κ1) is 22.3. The number of methoxy groups -OCH3 is 2. The highest BCUT2D eigenvalue weighted by Crippen LogP contribution is 2.46. The molecule has 2 aromatic carbocycles. The van der Waals surface area contributed by atoms with Crippen LogP contribution in [0.2, 0.25) is 0 Å². The van der Waals surface area contributed by atoms with Crippen molar-refractivity contribution in [3.05, 3.63) is 59.4 Å². The molecule has 1 fully saturated rings. The largest absolute Gasteiger partial charge is 0.497 e. The van der Waals surface area contributed by atoms with E-state index in [0.29, 0.717) is 0 Å². The summed E-state index contributed by atoms with van der Waals surface area (Å²) in [6.45, 7) is 0. The number of urea groups is 1. The molecule has 31 heavy (non-hydrogen) atoms. The van der Waals surface area contributed by atoms with E-state index in [4.69, 9.17) is 9.47 Å². The fourth-order valence-corrected chi connectivity index (χ4v) is 3.47. The number of Topliss-reactive ketones (excluding diaryl/α,β-unsaturated/α-hetero) is 1. The number of ether oxygens (including phenoxy) is 2. The van der Waals surface area contributed by atoms with Gasteiger partial charge in [-0.1, -0.05) is 0 Å². The lowest BCUT2D eigenvalue weighted by molar-refractivity contribution is -0.287. The molecule has 7 nitrogen and oxygen atoms in total. The van der Waals surface area contributed by atoms with E-state index in [-0.39, 0.29) is 22.6 Å². The van der Waals surface area contributed by atoms with E-state index in [0.717, 1.165) is 24.3 Å². The lowest BCUT2D eigenvalue weighted by Gasteiger charge is -2.45. The Balaban J connectivity index is 2.23. The SMILES string of the molecule is COc1ccc(OC)c([C@@H]2NC(=O)N[C@@](O)(C(F)(F)F)[C@H]2C(=O)c2ccc(F)cc2)c1. The number of hydrogen-bond donors (Lipinski definition) is 3. The average Bonchev–Trinajstić information content (AvgIpc) is 2.72. The molecule has 0 aliphatic carbocycles. The number of nitrogens with one attached hydrogen (secondary N) is 2. The van der Waals surface area contributed by atoms with Crippen molar-refractivity contribution in [2.75, 3.05) is 14.2 Å². The van der Waals surface area contributed by atoms with Crippen LogP contribution in [0, 0.1) is 11.7 Å². The van der Waals surface area contributed by atoms with Gasteiger partial charge in [-0.25, -0.2) is 9.18 Å². The first-order chi connectivity index (χ1) is 14.5. The van der Waals surface area contributed by atoms with Gasteiger partial charge in [0.25, 0.3) is 0 Å². The van der Waals surface area contributed by atoms with Crippen molar-refractivity contribution in [3.63, 3.8) is 0 Å². The third-order valence-electron chi connectivity index (χ3n) is 4.99. The van der Waals surface area contributed by atoms with Crippen molar-refractivity contribution in [3.8, 4) is 11.5 Å². The number of carbonyl (C=O) groups excluding carboxylic acids is 2. The minimum Gasteiger partial charge on any atom is -0.497 e. The van der Waals surface area contributed by atoms with Crippen LogP contribution in [0.1, 0.15) is 22.0 Å². The highest BCUT2D eigenvalue weighted by atomic mass is 19.4. The summed E-state index contributed by atoms with van der Waals surface area (Å²) in [6.07, 6.45) is -5.42. The maximum atomic E-state index is 13.9. The Morgan fingerprint density at radius 1 is 1.10 bits per heavy atom. The van der Waals surface area contributed by atoms with Gasteiger partial charge >= 0.3 is 12.2 Å². The van der Waals surface area contributed by atoms with Crippen molar-refractivity contribution >= 4 is 11.8 Å². The van der Waals surface area contributed by atoms with Gasteiger partial charge in [-0.05, 0) is 42.5 Å². The fraction of sp³-hybridized carbons (Fsp3) is 0.300. The summed E-state index contributed by atoms with van der Waals surface area (Å²) < 4.78 is 65.4. The summed E-state index contributed by atoms with van der Waals surface area (Å²) in [7, 11) is 2.57. The van der Waals surface area contributed by atoms with Crippen LogP contribution in [0.25, 0.3) is 0 Å². The number of amides is 2. The number of hydrogen-bond acceptors (Lipinski definition) is 5. The van der Waals surface area contributed by atoms with Gasteiger partial charge in [-0.15, -0.1) is 0 Å². The third-order valence-corrected chi connectivity index (χ3v) is 4.99. The van der Waals surface area contributed by atoms with Gasteiger partial charge < -0.3 is 25.2 Å². The molecule has 1 aliphatic heterocycles. The topological polar surface area (TPSA) is 96.9 Å². The molecule has 11 heteroatoms. The number of rotatable bonds is 5. The van der Waals surface area contributed by atoms with Crippen molar-refractivity contribution in [2.24, 2.45) is 5.92 Å². The van der Waals surface area contributed by atoms with Gasteiger partial charge in [-0.2, -0.15) is 13.2 Å². The third kappa shape index (κ3) is 4.00. The molecule has 1 saturated heterocycles. The number of carbonyl (C=O) groups is 2. The summed E-state index contributed by atoms with van der Waals surface area (Å²) in [5.74, 6) is -3.90. The van der Waals surface area contributed by atoms with Crippen LogP contribution < -0.4 is 20.1 Å². The van der Waals surface area contributed by atoms with Crippen molar-refractivity contribution in [1.29, 1.82) is 0 Å². The summed E-state index contributed by atoms with van der Waals surface area (Å²) in [5.41, 5.74) is -4.24. The van der Waals surface area contributed by atoms with Crippen LogP contribution in [0.15, 0.2) is 42.5 Å². The maximum absolute atomic E-state index is 13.9. The predicted molar refractivity (Wildman–Crippen MR) is 99.2 cm³/mol. The molecule has 1 heterocycles. The summed E-state index contributed by atoms with van der Waals surface area (Å²) >= 11 is 0. The summed E-state index contributed by atoms with van der Waals surface area (Å²) in [5, 5.41) is 14.3. The van der Waals surface area contributed by atoms with Crippen LogP contribution in [0.4, 0.5) is 22.4 Å². The molecule has 3 atom stereocenters. The maximum Gasteiger partial charge on any atom is 0.437 e. The molecule has 0 spiro atoms. The zero-order valence-corrected chi connectivity index (χ0v) is 16.3. The molecule has 1 aliphatic rings. The molecule has 166 valence electrons. The molecule has 0 radical (unpaired) electrons. The van der Waals surface area contributed by atoms with E-state index < -0.39 is 41.5 Å². The molecule has 0 aromatic heterocycles. The van der Waals surface area contributed by atoms with Gasteiger partial charge in [0.1, 0.15) is 23.2 Å². The van der Waals surface area contributed by atoms with E-state index in [1.165, 1.54) is 37.7 Å². The van der Waals surface area contributed by atoms with E-state index in [1.54, 1.807) is 0 Å². The second-order valence-electron chi connectivity index (χ2n) is 6.80. The number of alkyl halides is 3. The van der Waals surface area contributed by atoms with Gasteiger partial charge in [0.2, 0.25) is 5.72 Å². The average molecular weight is 442 g/mol. The standard InChI is InChI=1S/C20H18F4N2O5/c1-30-12-7-8-14(31-2)13(9-12)16-15(17(27)10-3-5-11(21)6-4-10)19(29,20(22,23)24)26-18(28)25-16/h3-9,15-16,29H,1-2H3,(H2,25,26,28)/t15-,16+,19+/m1/s1. The van der Waals surface area contributed by atoms with Crippen LogP contribution in [-0.2, 0) is 0 Å². The Bertz CT molecular complexity index is 996. The van der Waals surface area contributed by atoms with Crippen LogP contribution in [0.5, 0.6) is 11.5 Å². The molecular weight excluding hydrogens is 424 g/mol. The van der Waals surface area contributed by atoms with Gasteiger partial charge in [0, 0.05) is 11.1 Å². The first-order valence-corrected chi connectivity index (χ1v) is 8.91. The van der Waals surface area contributed by atoms with Crippen LogP contribution in [0.3, 0.4) is 0 Å². The lowest BCUT2D eigenvalue weighted by atomic mass is 9.77. The minimum absolute atomic E-state index is 0.0279. The monoisotopic (exact) mass is 442 g/mol. The molecule has 0 bridgehead atoms. The molecule has 3 rings (SSSR count). The van der Waals surface area contributed by atoms with Gasteiger partial charge in [0.15, 0.2) is 5.78 Å². The Morgan fingerprint density at radius 3 is 2.29 bits per heavy atom. The van der Waals surface area contributed by atoms with E-state index in [9.17, 15) is 32.3 Å². The Morgan fingerprint density at radius 2 is 1.74 bits per heavy atom. The number of aliphatic hydroxyl groups is 1. The van der Waals surface area contributed by atoms with E-state index >= 15 is 0 Å². The smallest absolute Gasteiger partial charge is 0.437 e. The second-order valence-corrected chi connectivity index (χ2v) is 6.80. The van der Waals surface area contributed by atoms with Crippen molar-refractivity contribution in [1.82, 2.24) is 10.6 Å². The number of halogens is 4. The normalized spacial score (nSPS) is 23.5. The highest BCUT2D eigenvalue weighted by molar-refractivity contribution is 6.00. The fourth-order valence-electron chi connectivity index (χ4n) is 3.47. The highest BCUT2D eigenvalue weighted by Gasteiger charge is 2.66. The Hall–Kier alpha value is -3.34. The van der Waals surface area contributed by atoms with E-state index in [2.05, 4.69) is 5.32 Å². The zero-order valence-electron chi connectivity index (χ0n) is 16.3. The van der Waals surface area contributed by atoms with E-state index in [1.807, 2.05) is 0 Å². The quantitative estimate of drug-likeness (QED) is 0.489. The Kier molecular flexibility index (Phi) is 5.81. The summed E-state index contributed by atoms with van der Waals surface area (Å²) in [4.78, 5) is 25.3. The molecule has 2 aromatic rings. The van der Waals surface area contributed by atoms with Gasteiger partial charge in [-0.3, -0.25) is 4.79 Å². The van der Waals surface area contributed by atoms with Crippen molar-refractivity contribution in [2.45, 2.75) is 17.9 Å². The molecule has 0 saturated carbocycles. The number of benzene rings is 2. The summed E-state index contributed by atoms with van der Waals surface area (Å²) in [6, 6.07) is 4.91. The minimum atomic E-state index is -5.42.